The van der Waals surface area contributed by atoms with E-state index >= 15 is 0 Å². The number of para-hydroxylation sites is 1. The van der Waals surface area contributed by atoms with E-state index in [0.29, 0.717) is 21.1 Å². The van der Waals surface area contributed by atoms with Crippen LogP contribution < -0.4 is 5.32 Å². The molecule has 4 rings (SSSR count). The highest BCUT2D eigenvalue weighted by atomic mass is 35.5. The molecule has 0 aliphatic heterocycles. The minimum absolute atomic E-state index is 0.00506. The number of benzene rings is 2. The van der Waals surface area contributed by atoms with Crippen LogP contribution in [-0.4, -0.2) is 32.4 Å². The van der Waals surface area contributed by atoms with E-state index in [0.717, 1.165) is 6.20 Å². The third-order valence-electron chi connectivity index (χ3n) is 4.48. The number of alkyl halides is 3. The van der Waals surface area contributed by atoms with Crippen LogP contribution in [0.25, 0.3) is 17.1 Å². The lowest BCUT2D eigenvalue weighted by molar-refractivity contribution is -0.143. The van der Waals surface area contributed by atoms with Crippen LogP contribution in [0.2, 0.25) is 5.02 Å². The van der Waals surface area contributed by atoms with Crippen molar-refractivity contribution in [1.82, 2.24) is 25.2 Å². The summed E-state index contributed by atoms with van der Waals surface area (Å²) in [5, 5.41) is 10.6. The monoisotopic (exact) mass is 461 g/mol. The van der Waals surface area contributed by atoms with Gasteiger partial charge >= 0.3 is 6.18 Å². The third kappa shape index (κ3) is 4.65. The molecule has 32 heavy (non-hydrogen) atoms. The molecule has 2 aromatic heterocycles. The second kappa shape index (κ2) is 8.83. The first-order valence-electron chi connectivity index (χ1n) is 9.40. The number of carbonyl (C=O) groups excluding carboxylic acids is 1. The first-order valence-corrected chi connectivity index (χ1v) is 9.78. The lowest BCUT2D eigenvalue weighted by Gasteiger charge is -2.12. The smallest absolute Gasteiger partial charge is 0.351 e. The van der Waals surface area contributed by atoms with E-state index in [4.69, 9.17) is 16.1 Å². The van der Waals surface area contributed by atoms with Gasteiger partial charge in [0, 0.05) is 23.6 Å². The van der Waals surface area contributed by atoms with Crippen molar-refractivity contribution < 1.29 is 22.5 Å². The van der Waals surface area contributed by atoms with Gasteiger partial charge in [0.1, 0.15) is 0 Å². The maximum absolute atomic E-state index is 13.7. The zero-order valence-corrected chi connectivity index (χ0v) is 17.1. The summed E-state index contributed by atoms with van der Waals surface area (Å²) in [6, 6.07) is 14.6. The Labute approximate surface area is 184 Å². The number of halogens is 4. The highest BCUT2D eigenvalue weighted by molar-refractivity contribution is 6.30. The molecule has 4 aromatic rings. The van der Waals surface area contributed by atoms with Gasteiger partial charge in [-0.05, 0) is 36.4 Å². The second-order valence-corrected chi connectivity index (χ2v) is 7.11. The summed E-state index contributed by atoms with van der Waals surface area (Å²) in [5.74, 6) is -0.338. The van der Waals surface area contributed by atoms with Crippen molar-refractivity contribution in [3.8, 4) is 17.1 Å². The van der Waals surface area contributed by atoms with E-state index in [1.54, 1.807) is 42.5 Å². The van der Waals surface area contributed by atoms with Crippen molar-refractivity contribution in [1.29, 1.82) is 0 Å². The number of hydrogen-bond donors (Lipinski definition) is 1. The molecule has 1 N–H and O–H groups in total. The van der Waals surface area contributed by atoms with Crippen LogP contribution in [0.5, 0.6) is 0 Å². The van der Waals surface area contributed by atoms with Crippen LogP contribution in [0.1, 0.15) is 21.9 Å². The van der Waals surface area contributed by atoms with Gasteiger partial charge in [0.05, 0.1) is 17.4 Å². The van der Waals surface area contributed by atoms with Crippen molar-refractivity contribution >= 4 is 17.5 Å². The fourth-order valence-electron chi connectivity index (χ4n) is 3.00. The standard InChI is InChI=1S/C21H15ClF3N5O2/c22-14-8-6-13(7-9-14)19-28-17(32-29-19)10-11-26-20(31)16-12-27-30(18(16)21(23,24)25)15-4-2-1-3-5-15/h1-9,12H,10-11H2,(H,26,31). The lowest BCUT2D eigenvalue weighted by Crippen LogP contribution is -2.28. The van der Waals surface area contributed by atoms with Crippen molar-refractivity contribution in [2.75, 3.05) is 6.54 Å². The molecule has 2 aromatic carbocycles. The molecular weight excluding hydrogens is 447 g/mol. The van der Waals surface area contributed by atoms with Crippen LogP contribution >= 0.6 is 11.6 Å². The van der Waals surface area contributed by atoms with E-state index < -0.39 is 23.3 Å². The summed E-state index contributed by atoms with van der Waals surface area (Å²) >= 11 is 5.85. The van der Waals surface area contributed by atoms with E-state index in [-0.39, 0.29) is 24.5 Å². The van der Waals surface area contributed by atoms with Gasteiger partial charge in [0.25, 0.3) is 5.91 Å². The van der Waals surface area contributed by atoms with Gasteiger partial charge in [-0.1, -0.05) is 35.0 Å². The summed E-state index contributed by atoms with van der Waals surface area (Å²) in [6.07, 6.45) is -3.74. The van der Waals surface area contributed by atoms with Gasteiger partial charge in [-0.25, -0.2) is 4.68 Å². The Kier molecular flexibility index (Phi) is 5.95. The molecule has 0 atom stereocenters. The van der Waals surface area contributed by atoms with Gasteiger partial charge in [-0.15, -0.1) is 0 Å². The summed E-state index contributed by atoms with van der Waals surface area (Å²) in [4.78, 5) is 16.7. The SMILES string of the molecule is O=C(NCCc1nc(-c2ccc(Cl)cc2)no1)c1cnn(-c2ccccc2)c1C(F)(F)F. The van der Waals surface area contributed by atoms with Gasteiger partial charge < -0.3 is 9.84 Å². The molecule has 2 heterocycles. The molecule has 0 saturated carbocycles. The average molecular weight is 462 g/mol. The third-order valence-corrected chi connectivity index (χ3v) is 4.73. The number of amides is 1. The van der Waals surface area contributed by atoms with Crippen LogP contribution in [-0.2, 0) is 12.6 Å². The quantitative estimate of drug-likeness (QED) is 0.454. The number of rotatable bonds is 6. The van der Waals surface area contributed by atoms with Gasteiger partial charge in [-0.3, -0.25) is 4.79 Å². The van der Waals surface area contributed by atoms with Crippen molar-refractivity contribution in [3.05, 3.63) is 83.0 Å². The maximum atomic E-state index is 13.7. The van der Waals surface area contributed by atoms with E-state index in [1.165, 1.54) is 12.1 Å². The number of carbonyl (C=O) groups is 1. The molecule has 0 saturated heterocycles. The molecule has 0 fully saturated rings. The average Bonchev–Trinajstić information content (AvgIpc) is 3.42. The molecule has 0 aliphatic carbocycles. The summed E-state index contributed by atoms with van der Waals surface area (Å²) in [7, 11) is 0. The van der Waals surface area contributed by atoms with Crippen LogP contribution in [0, 0.1) is 0 Å². The highest BCUT2D eigenvalue weighted by Gasteiger charge is 2.40. The number of nitrogens with zero attached hydrogens (tertiary/aromatic N) is 4. The molecule has 0 spiro atoms. The van der Waals surface area contributed by atoms with Crippen LogP contribution in [0.3, 0.4) is 0 Å². The molecule has 0 unspecified atom stereocenters. The summed E-state index contributed by atoms with van der Waals surface area (Å²) in [5.41, 5.74) is -0.839. The minimum atomic E-state index is -4.78. The van der Waals surface area contributed by atoms with Gasteiger partial charge in [0.15, 0.2) is 5.69 Å². The summed E-state index contributed by atoms with van der Waals surface area (Å²) < 4.78 is 46.9. The predicted octanol–water partition coefficient (Wildman–Crippen LogP) is 4.57. The normalized spacial score (nSPS) is 11.5. The topological polar surface area (TPSA) is 85.8 Å². The maximum Gasteiger partial charge on any atom is 0.434 e. The van der Waals surface area contributed by atoms with Crippen LogP contribution in [0.4, 0.5) is 13.2 Å². The number of nitrogens with one attached hydrogen (secondary N) is 1. The van der Waals surface area contributed by atoms with E-state index in [9.17, 15) is 18.0 Å². The number of aromatic nitrogens is 4. The Bertz CT molecular complexity index is 1220. The van der Waals surface area contributed by atoms with Crippen molar-refractivity contribution in [2.45, 2.75) is 12.6 Å². The fraction of sp³-hybridized carbons (Fsp3) is 0.143. The first kappa shape index (κ1) is 21.6. The molecule has 11 heteroatoms. The zero-order valence-electron chi connectivity index (χ0n) is 16.3. The number of hydrogen-bond acceptors (Lipinski definition) is 5. The van der Waals surface area contributed by atoms with Gasteiger partial charge in [0.2, 0.25) is 11.7 Å². The largest absolute Gasteiger partial charge is 0.434 e. The van der Waals surface area contributed by atoms with Gasteiger partial charge in [-0.2, -0.15) is 23.3 Å². The minimum Gasteiger partial charge on any atom is -0.351 e. The fourth-order valence-corrected chi connectivity index (χ4v) is 3.13. The molecule has 7 nitrogen and oxygen atoms in total. The van der Waals surface area contributed by atoms with Crippen molar-refractivity contribution in [2.24, 2.45) is 0 Å². The highest BCUT2D eigenvalue weighted by Crippen LogP contribution is 2.33. The van der Waals surface area contributed by atoms with Crippen LogP contribution in [0.15, 0.2) is 65.3 Å². The lowest BCUT2D eigenvalue weighted by atomic mass is 10.2. The Balaban J connectivity index is 1.45. The van der Waals surface area contributed by atoms with E-state index in [2.05, 4.69) is 20.6 Å². The molecule has 0 aliphatic rings. The Hall–Kier alpha value is -3.66. The predicted molar refractivity (Wildman–Crippen MR) is 109 cm³/mol. The molecular formula is C21H15ClF3N5O2. The Morgan fingerprint density at radius 3 is 2.50 bits per heavy atom. The Morgan fingerprint density at radius 1 is 1.09 bits per heavy atom. The molecule has 1 amide bonds. The molecule has 0 bridgehead atoms. The Morgan fingerprint density at radius 2 is 1.81 bits per heavy atom. The summed E-state index contributed by atoms with van der Waals surface area (Å²) in [6.45, 7) is -0.00506. The molecule has 0 radical (unpaired) electrons. The van der Waals surface area contributed by atoms with E-state index in [1.807, 2.05) is 0 Å². The molecule has 164 valence electrons. The second-order valence-electron chi connectivity index (χ2n) is 6.68. The first-order chi connectivity index (χ1) is 15.3. The zero-order chi connectivity index (χ0) is 22.7. The van der Waals surface area contributed by atoms with Crippen molar-refractivity contribution in [3.63, 3.8) is 0 Å².